The van der Waals surface area contributed by atoms with Gasteiger partial charge in [-0.3, -0.25) is 0 Å². The lowest BCUT2D eigenvalue weighted by molar-refractivity contribution is -0.139. The molecule has 0 bridgehead atoms. The van der Waals surface area contributed by atoms with Gasteiger partial charge in [-0.2, -0.15) is 13.2 Å². The third-order valence-electron chi connectivity index (χ3n) is 4.88. The van der Waals surface area contributed by atoms with Gasteiger partial charge in [0.05, 0.1) is 24.8 Å². The Morgan fingerprint density at radius 3 is 2.75 bits per heavy atom. The van der Waals surface area contributed by atoms with Gasteiger partial charge in [0.25, 0.3) is 0 Å². The minimum atomic E-state index is -4.82. The van der Waals surface area contributed by atoms with Crippen molar-refractivity contribution in [3.63, 3.8) is 0 Å². The van der Waals surface area contributed by atoms with Crippen molar-refractivity contribution >= 4 is 22.4 Å². The molecule has 1 aromatic heterocycles. The molecule has 1 saturated heterocycles. The topological polar surface area (TPSA) is 77.5 Å². The van der Waals surface area contributed by atoms with Crippen LogP contribution in [0.5, 0.6) is 11.5 Å². The molecule has 1 atom stereocenters. The number of hydrogen-bond acceptors (Lipinski definition) is 7. The third-order valence-corrected chi connectivity index (χ3v) is 4.88. The number of methoxy groups -OCH3 is 1. The molecule has 3 aromatic rings. The Hall–Kier alpha value is -3.18. The standard InChI is InChI=1S/C21H20F4N4O3/c1-30-18-8-17-14(7-19(18)32-10-13-9-26-4-5-31-13)20(28-11-27-17)29-12-2-3-16(22)15(6-12)21(23,24)25/h2-3,6-8,11,13,26H,4-5,9-10H2,1H3,(H,27,28,29). The number of nitrogens with zero attached hydrogens (tertiary/aromatic N) is 2. The molecule has 2 heterocycles. The SMILES string of the molecule is COc1cc2ncnc(Nc3ccc(F)c(C(F)(F)F)c3)c2cc1OCC1CNCCO1. The Bertz CT molecular complexity index is 1100. The molecule has 1 aliphatic rings. The van der Waals surface area contributed by atoms with Crippen LogP contribution >= 0.6 is 0 Å². The molecule has 1 fully saturated rings. The molecule has 32 heavy (non-hydrogen) atoms. The number of nitrogens with one attached hydrogen (secondary N) is 2. The predicted molar refractivity (Wildman–Crippen MR) is 109 cm³/mol. The molecule has 11 heteroatoms. The lowest BCUT2D eigenvalue weighted by Gasteiger charge is -2.24. The van der Waals surface area contributed by atoms with Crippen LogP contribution in [-0.2, 0) is 10.9 Å². The summed E-state index contributed by atoms with van der Waals surface area (Å²) in [5.74, 6) is -0.276. The quantitative estimate of drug-likeness (QED) is 0.549. The van der Waals surface area contributed by atoms with E-state index in [9.17, 15) is 17.6 Å². The molecular weight excluding hydrogens is 432 g/mol. The fourth-order valence-electron chi connectivity index (χ4n) is 3.30. The van der Waals surface area contributed by atoms with Crippen LogP contribution in [0.4, 0.5) is 29.1 Å². The predicted octanol–water partition coefficient (Wildman–Crippen LogP) is 3.91. The van der Waals surface area contributed by atoms with Gasteiger partial charge in [-0.05, 0) is 24.3 Å². The molecule has 0 radical (unpaired) electrons. The minimum Gasteiger partial charge on any atom is -0.493 e. The van der Waals surface area contributed by atoms with Crippen LogP contribution in [0, 0.1) is 5.82 Å². The van der Waals surface area contributed by atoms with Gasteiger partial charge < -0.3 is 24.8 Å². The van der Waals surface area contributed by atoms with E-state index in [0.29, 0.717) is 41.6 Å². The smallest absolute Gasteiger partial charge is 0.419 e. The van der Waals surface area contributed by atoms with Crippen molar-refractivity contribution in [3.05, 3.63) is 48.0 Å². The van der Waals surface area contributed by atoms with E-state index in [2.05, 4.69) is 20.6 Å². The van der Waals surface area contributed by atoms with E-state index in [1.807, 2.05) is 0 Å². The molecule has 0 amide bonds. The monoisotopic (exact) mass is 452 g/mol. The van der Waals surface area contributed by atoms with Crippen LogP contribution in [-0.4, -0.2) is 49.5 Å². The zero-order chi connectivity index (χ0) is 22.7. The fourth-order valence-corrected chi connectivity index (χ4v) is 3.30. The van der Waals surface area contributed by atoms with E-state index in [0.717, 1.165) is 12.6 Å². The molecule has 2 aromatic carbocycles. The van der Waals surface area contributed by atoms with Gasteiger partial charge >= 0.3 is 6.18 Å². The summed E-state index contributed by atoms with van der Waals surface area (Å²) in [6.07, 6.45) is -3.69. The van der Waals surface area contributed by atoms with Crippen LogP contribution in [0.3, 0.4) is 0 Å². The first-order valence-electron chi connectivity index (χ1n) is 9.77. The minimum absolute atomic E-state index is 0.0266. The van der Waals surface area contributed by atoms with Crippen molar-refractivity contribution in [3.8, 4) is 11.5 Å². The highest BCUT2D eigenvalue weighted by Gasteiger charge is 2.34. The fraction of sp³-hybridized carbons (Fsp3) is 0.333. The number of ether oxygens (including phenoxy) is 3. The number of benzene rings is 2. The largest absolute Gasteiger partial charge is 0.493 e. The number of rotatable bonds is 6. The highest BCUT2D eigenvalue weighted by atomic mass is 19.4. The van der Waals surface area contributed by atoms with E-state index in [-0.39, 0.29) is 24.2 Å². The summed E-state index contributed by atoms with van der Waals surface area (Å²) < 4.78 is 69.7. The summed E-state index contributed by atoms with van der Waals surface area (Å²) in [5, 5.41) is 6.51. The molecule has 1 unspecified atom stereocenters. The maximum absolute atomic E-state index is 13.6. The summed E-state index contributed by atoms with van der Waals surface area (Å²) in [6, 6.07) is 5.93. The summed E-state index contributed by atoms with van der Waals surface area (Å²) in [4.78, 5) is 8.33. The van der Waals surface area contributed by atoms with Gasteiger partial charge in [-0.1, -0.05) is 0 Å². The van der Waals surface area contributed by atoms with Gasteiger partial charge in [-0.25, -0.2) is 14.4 Å². The van der Waals surface area contributed by atoms with E-state index < -0.39 is 17.6 Å². The van der Waals surface area contributed by atoms with Gasteiger partial charge in [-0.15, -0.1) is 0 Å². The van der Waals surface area contributed by atoms with E-state index >= 15 is 0 Å². The van der Waals surface area contributed by atoms with Crippen LogP contribution in [0.1, 0.15) is 5.56 Å². The highest BCUT2D eigenvalue weighted by Crippen LogP contribution is 2.36. The Labute approximate surface area is 180 Å². The second-order valence-electron chi connectivity index (χ2n) is 7.07. The second-order valence-corrected chi connectivity index (χ2v) is 7.07. The first-order valence-corrected chi connectivity index (χ1v) is 9.77. The Morgan fingerprint density at radius 2 is 2.03 bits per heavy atom. The van der Waals surface area contributed by atoms with Gasteiger partial charge in [0.1, 0.15) is 30.7 Å². The molecule has 0 aliphatic carbocycles. The Morgan fingerprint density at radius 1 is 1.19 bits per heavy atom. The second kappa shape index (κ2) is 9.13. The molecule has 0 saturated carbocycles. The van der Waals surface area contributed by atoms with Crippen molar-refractivity contribution in [2.75, 3.05) is 38.7 Å². The van der Waals surface area contributed by atoms with E-state index in [4.69, 9.17) is 14.2 Å². The Balaban J connectivity index is 1.65. The normalized spacial score (nSPS) is 16.7. The van der Waals surface area contributed by atoms with Crippen molar-refractivity contribution in [2.24, 2.45) is 0 Å². The number of hydrogen-bond donors (Lipinski definition) is 2. The van der Waals surface area contributed by atoms with Crippen molar-refractivity contribution in [2.45, 2.75) is 12.3 Å². The van der Waals surface area contributed by atoms with Crippen LogP contribution in [0.25, 0.3) is 10.9 Å². The number of anilines is 2. The lowest BCUT2D eigenvalue weighted by Crippen LogP contribution is -2.41. The van der Waals surface area contributed by atoms with Crippen LogP contribution in [0.2, 0.25) is 0 Å². The first kappa shape index (κ1) is 22.0. The van der Waals surface area contributed by atoms with Crippen molar-refractivity contribution < 1.29 is 31.8 Å². The molecule has 4 rings (SSSR count). The zero-order valence-corrected chi connectivity index (χ0v) is 17.0. The highest BCUT2D eigenvalue weighted by molar-refractivity contribution is 5.93. The Kier molecular flexibility index (Phi) is 6.28. The number of halogens is 4. The summed E-state index contributed by atoms with van der Waals surface area (Å²) in [7, 11) is 1.49. The molecule has 7 nitrogen and oxygen atoms in total. The summed E-state index contributed by atoms with van der Waals surface area (Å²) in [6.45, 7) is 2.29. The van der Waals surface area contributed by atoms with E-state index in [1.165, 1.54) is 19.5 Å². The van der Waals surface area contributed by atoms with Crippen LogP contribution < -0.4 is 20.1 Å². The van der Waals surface area contributed by atoms with Gasteiger partial charge in [0.2, 0.25) is 0 Å². The third kappa shape index (κ3) is 4.83. The average molecular weight is 452 g/mol. The van der Waals surface area contributed by atoms with Gasteiger partial charge in [0.15, 0.2) is 11.5 Å². The molecule has 170 valence electrons. The maximum Gasteiger partial charge on any atom is 0.419 e. The molecule has 2 N–H and O–H groups in total. The zero-order valence-electron chi connectivity index (χ0n) is 17.0. The maximum atomic E-state index is 13.6. The first-order chi connectivity index (χ1) is 15.3. The lowest BCUT2D eigenvalue weighted by atomic mass is 10.1. The molecule has 0 spiro atoms. The number of morpholine rings is 1. The van der Waals surface area contributed by atoms with Crippen LogP contribution in [0.15, 0.2) is 36.7 Å². The van der Waals surface area contributed by atoms with Crippen molar-refractivity contribution in [1.82, 2.24) is 15.3 Å². The van der Waals surface area contributed by atoms with Gasteiger partial charge in [0, 0.05) is 30.2 Å². The molecular formula is C21H20F4N4O3. The van der Waals surface area contributed by atoms with E-state index in [1.54, 1.807) is 12.1 Å². The summed E-state index contributed by atoms with van der Waals surface area (Å²) >= 11 is 0. The average Bonchev–Trinajstić information content (AvgIpc) is 2.78. The number of alkyl halides is 3. The van der Waals surface area contributed by atoms with Crippen molar-refractivity contribution in [1.29, 1.82) is 0 Å². The number of fused-ring (bicyclic) bond motifs is 1. The number of aromatic nitrogens is 2. The molecule has 1 aliphatic heterocycles. The summed E-state index contributed by atoms with van der Waals surface area (Å²) in [5.41, 5.74) is -0.855.